The summed E-state index contributed by atoms with van der Waals surface area (Å²) >= 11 is 0. The molecule has 0 heterocycles. The monoisotopic (exact) mass is 339 g/mol. The molecule has 0 saturated heterocycles. The largest absolute Gasteiger partial charge is 0.457 e. The van der Waals surface area contributed by atoms with Gasteiger partial charge in [0.2, 0.25) is 5.91 Å². The van der Waals surface area contributed by atoms with Gasteiger partial charge in [0.05, 0.1) is 0 Å². The third kappa shape index (κ3) is 7.21. The first-order valence-corrected chi connectivity index (χ1v) is 8.62. The first-order chi connectivity index (χ1) is 12.0. The van der Waals surface area contributed by atoms with Gasteiger partial charge in [-0.3, -0.25) is 4.79 Å². The van der Waals surface area contributed by atoms with Crippen LogP contribution >= 0.6 is 0 Å². The van der Waals surface area contributed by atoms with Crippen molar-refractivity contribution in [1.29, 1.82) is 0 Å². The molecule has 1 N–H and O–H groups in total. The van der Waals surface area contributed by atoms with Gasteiger partial charge in [-0.05, 0) is 61.6 Å². The van der Waals surface area contributed by atoms with Crippen molar-refractivity contribution >= 4 is 11.7 Å². The summed E-state index contributed by atoms with van der Waals surface area (Å²) in [6, 6.07) is 15.9. The summed E-state index contributed by atoms with van der Waals surface area (Å²) in [4.78, 5) is 21.9. The molecule has 0 aliphatic rings. The highest BCUT2D eigenvalue weighted by molar-refractivity contribution is 5.75. The molecular weight excluding hydrogens is 314 g/mol. The van der Waals surface area contributed by atoms with Gasteiger partial charge in [-0.25, -0.2) is 0 Å². The summed E-state index contributed by atoms with van der Waals surface area (Å²) in [5.74, 6) is 1.80. The number of benzene rings is 2. The van der Waals surface area contributed by atoms with Crippen LogP contribution in [0.15, 0.2) is 48.5 Å². The molecule has 0 saturated carbocycles. The molecule has 0 radical (unpaired) electrons. The number of hydrogen-bond acceptors (Lipinski definition) is 3. The number of nitrogens with one attached hydrogen (secondary N) is 1. The quantitative estimate of drug-likeness (QED) is 0.749. The average Bonchev–Trinajstić information content (AvgIpc) is 2.56. The number of amides is 1. The lowest BCUT2D eigenvalue weighted by Crippen LogP contribution is -2.22. The van der Waals surface area contributed by atoms with Crippen LogP contribution in [0.4, 0.5) is 0 Å². The van der Waals surface area contributed by atoms with E-state index in [1.54, 1.807) is 6.92 Å². The molecule has 0 aliphatic heterocycles. The molecule has 2 rings (SSSR count). The number of ether oxygens (including phenoxy) is 1. The van der Waals surface area contributed by atoms with Crippen LogP contribution in [0, 0.1) is 0 Å². The van der Waals surface area contributed by atoms with Crippen LogP contribution in [-0.4, -0.2) is 18.2 Å². The molecule has 0 atom stereocenters. The van der Waals surface area contributed by atoms with Gasteiger partial charge in [-0.1, -0.05) is 24.3 Å². The third-order valence-electron chi connectivity index (χ3n) is 3.84. The minimum absolute atomic E-state index is 0.0110. The van der Waals surface area contributed by atoms with Gasteiger partial charge in [0.1, 0.15) is 17.3 Å². The maximum absolute atomic E-state index is 11.0. The summed E-state index contributed by atoms with van der Waals surface area (Å²) in [5, 5.41) is 2.79. The second-order valence-corrected chi connectivity index (χ2v) is 6.18. The molecule has 2 aromatic rings. The molecule has 4 heteroatoms. The Labute approximate surface area is 149 Å². The molecule has 0 aromatic heterocycles. The van der Waals surface area contributed by atoms with Crippen LogP contribution in [0.25, 0.3) is 0 Å². The van der Waals surface area contributed by atoms with Crippen molar-refractivity contribution in [2.45, 2.75) is 39.5 Å². The average molecular weight is 339 g/mol. The minimum Gasteiger partial charge on any atom is -0.457 e. The van der Waals surface area contributed by atoms with Crippen molar-refractivity contribution < 1.29 is 14.3 Å². The maximum atomic E-state index is 11.0. The second kappa shape index (κ2) is 9.62. The van der Waals surface area contributed by atoms with E-state index in [1.165, 1.54) is 12.5 Å². The number of hydrogen-bond donors (Lipinski definition) is 1. The summed E-state index contributed by atoms with van der Waals surface area (Å²) < 4.78 is 5.91. The van der Waals surface area contributed by atoms with E-state index in [2.05, 4.69) is 11.4 Å². The molecule has 2 aromatic carbocycles. The van der Waals surface area contributed by atoms with Gasteiger partial charge in [-0.2, -0.15) is 0 Å². The molecule has 0 bridgehead atoms. The van der Waals surface area contributed by atoms with Crippen LogP contribution in [0.2, 0.25) is 0 Å². The lowest BCUT2D eigenvalue weighted by molar-refractivity contribution is -0.119. The first kappa shape index (κ1) is 18.7. The molecule has 25 heavy (non-hydrogen) atoms. The molecule has 0 aliphatic carbocycles. The van der Waals surface area contributed by atoms with E-state index in [4.69, 9.17) is 4.74 Å². The summed E-state index contributed by atoms with van der Waals surface area (Å²) in [7, 11) is 0. The predicted octanol–water partition coefficient (Wildman–Crippen LogP) is 4.07. The number of ketones is 1. The van der Waals surface area contributed by atoms with Gasteiger partial charge in [0.25, 0.3) is 0 Å². The van der Waals surface area contributed by atoms with E-state index in [0.29, 0.717) is 13.0 Å². The fourth-order valence-corrected chi connectivity index (χ4v) is 2.55. The van der Waals surface area contributed by atoms with Gasteiger partial charge >= 0.3 is 0 Å². The molecule has 132 valence electrons. The number of carbonyl (C=O) groups excluding carboxylic acids is 2. The van der Waals surface area contributed by atoms with E-state index < -0.39 is 0 Å². The van der Waals surface area contributed by atoms with E-state index in [9.17, 15) is 9.59 Å². The highest BCUT2D eigenvalue weighted by Gasteiger charge is 2.02. The smallest absolute Gasteiger partial charge is 0.216 e. The van der Waals surface area contributed by atoms with Crippen LogP contribution in [0.5, 0.6) is 11.5 Å². The zero-order chi connectivity index (χ0) is 18.1. The molecule has 0 unspecified atom stereocenters. The highest BCUT2D eigenvalue weighted by Crippen LogP contribution is 2.23. The standard InChI is InChI=1S/C21H25NO3/c1-16(23)5-3-6-19-7-4-8-21(15-19)25-20-11-9-18(10-12-20)13-14-22-17(2)24/h4,7-12,15H,3,5-6,13-14H2,1-2H3,(H,22,24). The van der Waals surface area contributed by atoms with E-state index >= 15 is 0 Å². The zero-order valence-electron chi connectivity index (χ0n) is 14.9. The van der Waals surface area contributed by atoms with Gasteiger partial charge in [0.15, 0.2) is 0 Å². The Morgan fingerprint density at radius 1 is 0.920 bits per heavy atom. The van der Waals surface area contributed by atoms with Crippen LogP contribution in [0.1, 0.15) is 37.8 Å². The summed E-state index contributed by atoms with van der Waals surface area (Å²) in [5.41, 5.74) is 2.32. The topological polar surface area (TPSA) is 55.4 Å². The molecular formula is C21H25NO3. The molecule has 0 spiro atoms. The van der Waals surface area contributed by atoms with Crippen molar-refractivity contribution in [2.75, 3.05) is 6.54 Å². The Bertz CT molecular complexity index is 707. The van der Waals surface area contributed by atoms with E-state index in [0.717, 1.165) is 36.3 Å². The number of rotatable bonds is 9. The maximum Gasteiger partial charge on any atom is 0.216 e. The Hall–Kier alpha value is -2.62. The molecule has 1 amide bonds. The lowest BCUT2D eigenvalue weighted by atomic mass is 10.1. The fourth-order valence-electron chi connectivity index (χ4n) is 2.55. The molecule has 0 fully saturated rings. The Morgan fingerprint density at radius 3 is 2.36 bits per heavy atom. The van der Waals surface area contributed by atoms with Crippen LogP contribution in [-0.2, 0) is 22.4 Å². The third-order valence-corrected chi connectivity index (χ3v) is 3.84. The van der Waals surface area contributed by atoms with Crippen molar-refractivity contribution in [2.24, 2.45) is 0 Å². The van der Waals surface area contributed by atoms with Gasteiger partial charge < -0.3 is 14.8 Å². The summed E-state index contributed by atoms with van der Waals surface area (Å²) in [6.45, 7) is 3.78. The van der Waals surface area contributed by atoms with Gasteiger partial charge in [-0.15, -0.1) is 0 Å². The van der Waals surface area contributed by atoms with Crippen molar-refractivity contribution in [3.05, 3.63) is 59.7 Å². The predicted molar refractivity (Wildman–Crippen MR) is 99.0 cm³/mol. The SMILES string of the molecule is CC(=O)CCCc1cccc(Oc2ccc(CCNC(C)=O)cc2)c1. The minimum atomic E-state index is -0.0110. The first-order valence-electron chi connectivity index (χ1n) is 8.62. The highest BCUT2D eigenvalue weighted by atomic mass is 16.5. The molecule has 4 nitrogen and oxygen atoms in total. The fraction of sp³-hybridized carbons (Fsp3) is 0.333. The Morgan fingerprint density at radius 2 is 1.68 bits per heavy atom. The number of carbonyl (C=O) groups is 2. The second-order valence-electron chi connectivity index (χ2n) is 6.18. The van der Waals surface area contributed by atoms with Crippen molar-refractivity contribution in [1.82, 2.24) is 5.32 Å². The Kier molecular flexibility index (Phi) is 7.20. The normalized spacial score (nSPS) is 10.3. The zero-order valence-corrected chi connectivity index (χ0v) is 14.9. The van der Waals surface area contributed by atoms with E-state index in [-0.39, 0.29) is 11.7 Å². The lowest BCUT2D eigenvalue weighted by Gasteiger charge is -2.09. The van der Waals surface area contributed by atoms with Crippen molar-refractivity contribution in [3.63, 3.8) is 0 Å². The number of aryl methyl sites for hydroxylation is 1. The van der Waals surface area contributed by atoms with Crippen LogP contribution < -0.4 is 10.1 Å². The number of Topliss-reactive ketones (excluding diaryl/α,β-unsaturated/α-hetero) is 1. The van der Waals surface area contributed by atoms with Crippen LogP contribution in [0.3, 0.4) is 0 Å². The van der Waals surface area contributed by atoms with Crippen molar-refractivity contribution in [3.8, 4) is 11.5 Å². The van der Waals surface area contributed by atoms with Gasteiger partial charge in [0, 0.05) is 19.9 Å². The summed E-state index contributed by atoms with van der Waals surface area (Å²) in [6.07, 6.45) is 3.15. The Balaban J connectivity index is 1.88. The van der Waals surface area contributed by atoms with E-state index in [1.807, 2.05) is 42.5 Å².